The highest BCUT2D eigenvalue weighted by atomic mass is 32.2. The van der Waals surface area contributed by atoms with Crippen LogP contribution in [0.3, 0.4) is 0 Å². The van der Waals surface area contributed by atoms with E-state index in [0.29, 0.717) is 10.6 Å². The van der Waals surface area contributed by atoms with Gasteiger partial charge in [-0.25, -0.2) is 8.42 Å². The van der Waals surface area contributed by atoms with Crippen molar-refractivity contribution in [2.24, 2.45) is 0 Å². The van der Waals surface area contributed by atoms with Gasteiger partial charge in [-0.2, -0.15) is 4.72 Å². The van der Waals surface area contributed by atoms with Gasteiger partial charge in [-0.15, -0.1) is 11.3 Å². The molecule has 0 bridgehead atoms. The van der Waals surface area contributed by atoms with Gasteiger partial charge in [0, 0.05) is 14.1 Å². The monoisotopic (exact) mass is 444 g/mol. The van der Waals surface area contributed by atoms with Gasteiger partial charge in [-0.05, 0) is 42.1 Å². The van der Waals surface area contributed by atoms with Crippen LogP contribution in [0.4, 0.5) is 0 Å². The first-order valence-corrected chi connectivity index (χ1v) is 11.7. The molecule has 3 aromatic rings. The van der Waals surface area contributed by atoms with E-state index in [0.717, 1.165) is 5.56 Å². The van der Waals surface area contributed by atoms with Crippen molar-refractivity contribution in [3.05, 3.63) is 83.2 Å². The molecule has 0 aliphatic heterocycles. The van der Waals surface area contributed by atoms with Crippen molar-refractivity contribution in [1.82, 2.24) is 9.62 Å². The summed E-state index contributed by atoms with van der Waals surface area (Å²) < 4.78 is 35.0. The summed E-state index contributed by atoms with van der Waals surface area (Å²) in [5.74, 6) is -0.344. The third kappa shape index (κ3) is 5.27. The molecule has 6 nitrogen and oxygen atoms in total. The number of thiophene rings is 1. The normalized spacial score (nSPS) is 13.4. The summed E-state index contributed by atoms with van der Waals surface area (Å²) in [6.07, 6.45) is -1.08. The van der Waals surface area contributed by atoms with Gasteiger partial charge in [-0.3, -0.25) is 4.79 Å². The zero-order chi connectivity index (χ0) is 21.7. The maximum absolute atomic E-state index is 13.1. The van der Waals surface area contributed by atoms with E-state index in [1.807, 2.05) is 24.4 Å². The average molecular weight is 445 g/mol. The first kappa shape index (κ1) is 22.0. The number of ether oxygens (including phenoxy) is 1. The zero-order valence-corrected chi connectivity index (χ0v) is 18.6. The topological polar surface area (TPSA) is 75.7 Å². The Labute approximate surface area is 181 Å². The summed E-state index contributed by atoms with van der Waals surface area (Å²) in [4.78, 5) is 14.5. The van der Waals surface area contributed by atoms with Gasteiger partial charge in [0.15, 0.2) is 11.2 Å². The fraction of sp³-hybridized carbons (Fsp3) is 0.227. The molecule has 1 aromatic heterocycles. The maximum Gasteiger partial charge on any atom is 0.265 e. The van der Waals surface area contributed by atoms with Gasteiger partial charge in [0.25, 0.3) is 5.91 Å². The Morgan fingerprint density at radius 1 is 1.00 bits per heavy atom. The number of carbonyl (C=O) groups excluding carboxylic acids is 1. The SMILES string of the molecule is Cc1ccc(S(=O)(=O)N[C@@H](c2ccccc2)[C@@H](Oc2cccs2)C(=O)N(C)C)cc1. The molecule has 0 spiro atoms. The van der Waals surface area contributed by atoms with Crippen LogP contribution in [0.2, 0.25) is 0 Å². The Balaban J connectivity index is 2.03. The Kier molecular flexibility index (Phi) is 6.91. The predicted molar refractivity (Wildman–Crippen MR) is 118 cm³/mol. The van der Waals surface area contributed by atoms with Crippen molar-refractivity contribution < 1.29 is 17.9 Å². The van der Waals surface area contributed by atoms with Crippen molar-refractivity contribution in [2.75, 3.05) is 14.1 Å². The van der Waals surface area contributed by atoms with Gasteiger partial charge in [-0.1, -0.05) is 48.0 Å². The molecule has 1 amide bonds. The minimum atomic E-state index is -3.90. The molecule has 158 valence electrons. The number of carbonyl (C=O) groups is 1. The minimum Gasteiger partial charge on any atom is -0.469 e. The van der Waals surface area contributed by atoms with Crippen LogP contribution in [0.1, 0.15) is 17.2 Å². The zero-order valence-electron chi connectivity index (χ0n) is 17.0. The van der Waals surface area contributed by atoms with Crippen molar-refractivity contribution in [3.8, 4) is 5.06 Å². The molecular weight excluding hydrogens is 420 g/mol. The number of hydrogen-bond donors (Lipinski definition) is 1. The third-order valence-electron chi connectivity index (χ3n) is 4.50. The highest BCUT2D eigenvalue weighted by Crippen LogP contribution is 2.28. The molecule has 0 fully saturated rings. The van der Waals surface area contributed by atoms with E-state index in [2.05, 4.69) is 4.72 Å². The van der Waals surface area contributed by atoms with Crippen LogP contribution in [0.15, 0.2) is 77.0 Å². The van der Waals surface area contributed by atoms with Crippen LogP contribution in [-0.2, 0) is 14.8 Å². The van der Waals surface area contributed by atoms with Crippen LogP contribution in [-0.4, -0.2) is 39.4 Å². The molecular formula is C22H24N2O4S2. The van der Waals surface area contributed by atoms with E-state index in [-0.39, 0.29) is 10.8 Å². The predicted octanol–water partition coefficient (Wildman–Crippen LogP) is 3.61. The third-order valence-corrected chi connectivity index (χ3v) is 6.71. The number of nitrogens with one attached hydrogen (secondary N) is 1. The molecule has 8 heteroatoms. The van der Waals surface area contributed by atoms with Crippen LogP contribution in [0, 0.1) is 6.92 Å². The van der Waals surface area contributed by atoms with Gasteiger partial charge < -0.3 is 9.64 Å². The maximum atomic E-state index is 13.1. The number of hydrogen-bond acceptors (Lipinski definition) is 5. The quantitative estimate of drug-likeness (QED) is 0.576. The number of rotatable bonds is 8. The molecule has 30 heavy (non-hydrogen) atoms. The van der Waals surface area contributed by atoms with E-state index >= 15 is 0 Å². The summed E-state index contributed by atoms with van der Waals surface area (Å²) in [5, 5.41) is 2.37. The van der Waals surface area contributed by atoms with E-state index in [1.165, 1.54) is 16.2 Å². The summed E-state index contributed by atoms with van der Waals surface area (Å²) in [6.45, 7) is 1.89. The summed E-state index contributed by atoms with van der Waals surface area (Å²) >= 11 is 1.34. The first-order valence-electron chi connectivity index (χ1n) is 9.33. The molecule has 0 unspecified atom stereocenters. The van der Waals surface area contributed by atoms with Gasteiger partial charge in [0.05, 0.1) is 10.9 Å². The lowest BCUT2D eigenvalue weighted by Crippen LogP contribution is -2.47. The van der Waals surface area contributed by atoms with E-state index < -0.39 is 22.2 Å². The summed E-state index contributed by atoms with van der Waals surface area (Å²) in [5.41, 5.74) is 1.58. The number of nitrogens with zero attached hydrogens (tertiary/aromatic N) is 1. The van der Waals surface area contributed by atoms with Crippen LogP contribution < -0.4 is 9.46 Å². The lowest BCUT2D eigenvalue weighted by atomic mass is 10.0. The lowest BCUT2D eigenvalue weighted by Gasteiger charge is -2.29. The standard InChI is InChI=1S/C22H24N2O4S2/c1-16-11-13-18(14-12-16)30(26,27)23-20(17-8-5-4-6-9-17)21(22(25)24(2)3)28-19-10-7-15-29-19/h4-15,20-21,23H,1-3H3/t20-,21+/m0/s1. The highest BCUT2D eigenvalue weighted by Gasteiger charge is 2.36. The van der Waals surface area contributed by atoms with Gasteiger partial charge in [0.1, 0.15) is 0 Å². The molecule has 2 aromatic carbocycles. The van der Waals surface area contributed by atoms with E-state index in [1.54, 1.807) is 68.7 Å². The number of likely N-dealkylation sites (N-methyl/N-ethyl adjacent to an activating group) is 1. The molecule has 0 aliphatic carbocycles. The van der Waals surface area contributed by atoms with Crippen LogP contribution in [0.5, 0.6) is 5.06 Å². The van der Waals surface area contributed by atoms with Crippen molar-refractivity contribution >= 4 is 27.3 Å². The minimum absolute atomic E-state index is 0.126. The Bertz CT molecular complexity index is 1060. The Hall–Kier alpha value is -2.68. The average Bonchev–Trinajstić information content (AvgIpc) is 3.24. The summed E-state index contributed by atoms with van der Waals surface area (Å²) in [6, 6.07) is 18.2. The lowest BCUT2D eigenvalue weighted by molar-refractivity contribution is -0.137. The van der Waals surface area contributed by atoms with Crippen molar-refractivity contribution in [3.63, 3.8) is 0 Å². The second kappa shape index (κ2) is 9.42. The number of sulfonamides is 1. The molecule has 0 saturated heterocycles. The molecule has 0 saturated carbocycles. The van der Waals surface area contributed by atoms with Crippen LogP contribution in [0.25, 0.3) is 0 Å². The summed E-state index contributed by atoms with van der Waals surface area (Å²) in [7, 11) is -0.675. The smallest absolute Gasteiger partial charge is 0.265 e. The van der Waals surface area contributed by atoms with Crippen molar-refractivity contribution in [2.45, 2.75) is 24.0 Å². The molecule has 3 rings (SSSR count). The molecule has 0 aliphatic rings. The molecule has 0 radical (unpaired) electrons. The highest BCUT2D eigenvalue weighted by molar-refractivity contribution is 7.89. The fourth-order valence-corrected chi connectivity index (χ4v) is 4.72. The number of amides is 1. The van der Waals surface area contributed by atoms with Crippen LogP contribution >= 0.6 is 11.3 Å². The molecule has 2 atom stereocenters. The first-order chi connectivity index (χ1) is 14.3. The second-order valence-electron chi connectivity index (χ2n) is 7.03. The second-order valence-corrected chi connectivity index (χ2v) is 9.65. The Morgan fingerprint density at radius 2 is 1.67 bits per heavy atom. The molecule has 1 heterocycles. The largest absolute Gasteiger partial charge is 0.469 e. The number of benzene rings is 2. The fourth-order valence-electron chi connectivity index (χ4n) is 2.89. The van der Waals surface area contributed by atoms with E-state index in [4.69, 9.17) is 4.74 Å². The molecule has 1 N–H and O–H groups in total. The Morgan fingerprint density at radius 3 is 2.23 bits per heavy atom. The van der Waals surface area contributed by atoms with Gasteiger partial charge in [0.2, 0.25) is 10.0 Å². The van der Waals surface area contributed by atoms with E-state index in [9.17, 15) is 13.2 Å². The van der Waals surface area contributed by atoms with Gasteiger partial charge >= 0.3 is 0 Å². The number of aryl methyl sites for hydroxylation is 1. The van der Waals surface area contributed by atoms with Crippen molar-refractivity contribution in [1.29, 1.82) is 0 Å².